The van der Waals surface area contributed by atoms with Gasteiger partial charge in [-0.1, -0.05) is 43.3 Å². The van der Waals surface area contributed by atoms with Gasteiger partial charge in [-0.15, -0.1) is 6.58 Å². The van der Waals surface area contributed by atoms with Gasteiger partial charge in [0.15, 0.2) is 0 Å². The van der Waals surface area contributed by atoms with E-state index >= 15 is 0 Å². The second-order valence-corrected chi connectivity index (χ2v) is 6.63. The van der Waals surface area contributed by atoms with Gasteiger partial charge >= 0.3 is 0 Å². The van der Waals surface area contributed by atoms with Gasteiger partial charge in [0.1, 0.15) is 0 Å². The number of hydrogen-bond donors (Lipinski definition) is 1. The minimum atomic E-state index is -0.116. The summed E-state index contributed by atoms with van der Waals surface area (Å²) < 4.78 is 5.90. The maximum absolute atomic E-state index is 5.90. The Morgan fingerprint density at radius 2 is 1.75 bits per heavy atom. The van der Waals surface area contributed by atoms with Gasteiger partial charge in [0.25, 0.3) is 0 Å². The van der Waals surface area contributed by atoms with Crippen molar-refractivity contribution in [3.63, 3.8) is 0 Å². The molecule has 3 heteroatoms. The van der Waals surface area contributed by atoms with Crippen LogP contribution < -0.4 is 10.2 Å². The molecular weight excluding hydrogens is 296 g/mol. The lowest BCUT2D eigenvalue weighted by atomic mass is 9.92. The second kappa shape index (κ2) is 8.55. The molecule has 0 aromatic heterocycles. The molecule has 0 fully saturated rings. The monoisotopic (exact) mass is 324 g/mol. The molecule has 0 amide bonds. The van der Waals surface area contributed by atoms with Crippen LogP contribution in [0.25, 0.3) is 0 Å². The Hall–Kier alpha value is -2.26. The van der Waals surface area contributed by atoms with Gasteiger partial charge in [-0.05, 0) is 29.8 Å². The molecule has 128 valence electrons. The van der Waals surface area contributed by atoms with E-state index in [0.29, 0.717) is 13.2 Å². The summed E-state index contributed by atoms with van der Waals surface area (Å²) >= 11 is 0. The standard InChI is InChI=1S/C21H28N2O/c1-5-21(2,17-24-15-18-9-7-6-8-10-18)16-22-19-11-13-20(14-12-19)23(3)4/h5-14,22H,1,15-17H2,2-4H3. The van der Waals surface area contributed by atoms with E-state index in [1.165, 1.54) is 11.3 Å². The zero-order valence-electron chi connectivity index (χ0n) is 15.0. The molecule has 0 aliphatic carbocycles. The molecule has 24 heavy (non-hydrogen) atoms. The summed E-state index contributed by atoms with van der Waals surface area (Å²) in [5.74, 6) is 0. The summed E-state index contributed by atoms with van der Waals surface area (Å²) in [5.41, 5.74) is 3.38. The first-order valence-corrected chi connectivity index (χ1v) is 8.29. The third kappa shape index (κ3) is 5.43. The lowest BCUT2D eigenvalue weighted by Crippen LogP contribution is -2.29. The molecule has 0 heterocycles. The number of nitrogens with one attached hydrogen (secondary N) is 1. The number of anilines is 2. The maximum atomic E-state index is 5.90. The van der Waals surface area contributed by atoms with E-state index < -0.39 is 0 Å². The Kier molecular flexibility index (Phi) is 6.44. The highest BCUT2D eigenvalue weighted by Crippen LogP contribution is 2.22. The lowest BCUT2D eigenvalue weighted by Gasteiger charge is -2.26. The van der Waals surface area contributed by atoms with Crippen molar-refractivity contribution in [1.82, 2.24) is 0 Å². The zero-order chi connectivity index (χ0) is 17.4. The van der Waals surface area contributed by atoms with Gasteiger partial charge in [0.05, 0.1) is 13.2 Å². The van der Waals surface area contributed by atoms with Crippen molar-refractivity contribution in [2.45, 2.75) is 13.5 Å². The minimum absolute atomic E-state index is 0.116. The second-order valence-electron chi connectivity index (χ2n) is 6.63. The molecule has 0 saturated heterocycles. The van der Waals surface area contributed by atoms with Crippen molar-refractivity contribution in [2.24, 2.45) is 5.41 Å². The van der Waals surface area contributed by atoms with Crippen molar-refractivity contribution in [3.8, 4) is 0 Å². The molecular formula is C21H28N2O. The third-order valence-electron chi connectivity index (χ3n) is 4.12. The molecule has 0 saturated carbocycles. The van der Waals surface area contributed by atoms with Crippen LogP contribution in [0.5, 0.6) is 0 Å². The Morgan fingerprint density at radius 1 is 1.08 bits per heavy atom. The average molecular weight is 324 g/mol. The van der Waals surface area contributed by atoms with Gasteiger partial charge in [-0.25, -0.2) is 0 Å². The van der Waals surface area contributed by atoms with Crippen LogP contribution in [0.15, 0.2) is 67.3 Å². The first-order valence-electron chi connectivity index (χ1n) is 8.29. The number of nitrogens with zero attached hydrogens (tertiary/aromatic N) is 1. The molecule has 2 rings (SSSR count). The molecule has 1 N–H and O–H groups in total. The SMILES string of the molecule is C=CC(C)(CNc1ccc(N(C)C)cc1)COCc1ccccc1. The van der Waals surface area contributed by atoms with E-state index in [0.717, 1.165) is 12.2 Å². The highest BCUT2D eigenvalue weighted by atomic mass is 16.5. The van der Waals surface area contributed by atoms with Crippen molar-refractivity contribution in [2.75, 3.05) is 37.5 Å². The molecule has 2 aromatic rings. The maximum Gasteiger partial charge on any atom is 0.0717 e. The molecule has 0 bridgehead atoms. The molecule has 1 unspecified atom stereocenters. The Bertz CT molecular complexity index is 622. The van der Waals surface area contributed by atoms with E-state index in [-0.39, 0.29) is 5.41 Å². The first kappa shape index (κ1) is 18.1. The van der Waals surface area contributed by atoms with Crippen molar-refractivity contribution < 1.29 is 4.74 Å². The molecule has 0 radical (unpaired) electrons. The van der Waals surface area contributed by atoms with Crippen molar-refractivity contribution in [1.29, 1.82) is 0 Å². The highest BCUT2D eigenvalue weighted by molar-refractivity contribution is 5.54. The van der Waals surface area contributed by atoms with E-state index in [2.05, 4.69) is 60.1 Å². The first-order chi connectivity index (χ1) is 11.5. The van der Waals surface area contributed by atoms with Gasteiger partial charge < -0.3 is 15.0 Å². The van der Waals surface area contributed by atoms with Crippen LogP contribution in [0.3, 0.4) is 0 Å². The van der Waals surface area contributed by atoms with Gasteiger partial charge in [0.2, 0.25) is 0 Å². The molecule has 0 aliphatic rings. The minimum Gasteiger partial charge on any atom is -0.384 e. The predicted octanol–water partition coefficient (Wildman–Crippen LogP) is 4.57. The fourth-order valence-electron chi connectivity index (χ4n) is 2.34. The quantitative estimate of drug-likeness (QED) is 0.684. The van der Waals surface area contributed by atoms with Crippen molar-refractivity contribution >= 4 is 11.4 Å². The number of hydrogen-bond acceptors (Lipinski definition) is 3. The topological polar surface area (TPSA) is 24.5 Å². The lowest BCUT2D eigenvalue weighted by molar-refractivity contribution is 0.0695. The smallest absolute Gasteiger partial charge is 0.0717 e. The normalized spacial score (nSPS) is 13.1. The summed E-state index contributed by atoms with van der Waals surface area (Å²) in [5, 5.41) is 3.48. The van der Waals surface area contributed by atoms with Crippen LogP contribution in [-0.4, -0.2) is 27.2 Å². The van der Waals surface area contributed by atoms with E-state index in [1.807, 2.05) is 38.4 Å². The summed E-state index contributed by atoms with van der Waals surface area (Å²) in [6.07, 6.45) is 1.97. The summed E-state index contributed by atoms with van der Waals surface area (Å²) in [6.45, 7) is 8.18. The van der Waals surface area contributed by atoms with Gasteiger partial charge in [0, 0.05) is 37.4 Å². The van der Waals surface area contributed by atoms with Crippen LogP contribution in [0.4, 0.5) is 11.4 Å². The van der Waals surface area contributed by atoms with E-state index in [1.54, 1.807) is 0 Å². The molecule has 1 atom stereocenters. The van der Waals surface area contributed by atoms with E-state index in [4.69, 9.17) is 4.74 Å². The molecule has 2 aromatic carbocycles. The summed E-state index contributed by atoms with van der Waals surface area (Å²) in [6, 6.07) is 18.7. The predicted molar refractivity (Wildman–Crippen MR) is 104 cm³/mol. The van der Waals surface area contributed by atoms with Gasteiger partial charge in [-0.3, -0.25) is 0 Å². The van der Waals surface area contributed by atoms with Crippen LogP contribution >= 0.6 is 0 Å². The summed E-state index contributed by atoms with van der Waals surface area (Å²) in [7, 11) is 4.09. The molecule has 0 aliphatic heterocycles. The molecule has 3 nitrogen and oxygen atoms in total. The largest absolute Gasteiger partial charge is 0.384 e. The van der Waals surface area contributed by atoms with E-state index in [9.17, 15) is 0 Å². The van der Waals surface area contributed by atoms with Crippen molar-refractivity contribution in [3.05, 3.63) is 72.8 Å². The fraction of sp³-hybridized carbons (Fsp3) is 0.333. The number of benzene rings is 2. The fourth-order valence-corrected chi connectivity index (χ4v) is 2.34. The third-order valence-corrected chi connectivity index (χ3v) is 4.12. The average Bonchev–Trinajstić information content (AvgIpc) is 2.61. The Labute approximate surface area is 146 Å². The van der Waals surface area contributed by atoms with Crippen LogP contribution in [-0.2, 0) is 11.3 Å². The highest BCUT2D eigenvalue weighted by Gasteiger charge is 2.20. The van der Waals surface area contributed by atoms with Crippen LogP contribution in [0.1, 0.15) is 12.5 Å². The number of rotatable bonds is 9. The molecule has 0 spiro atoms. The van der Waals surface area contributed by atoms with Crippen LogP contribution in [0.2, 0.25) is 0 Å². The Morgan fingerprint density at radius 3 is 2.33 bits per heavy atom. The number of ether oxygens (including phenoxy) is 1. The Balaban J connectivity index is 1.84. The zero-order valence-corrected chi connectivity index (χ0v) is 15.0. The van der Waals surface area contributed by atoms with Crippen LogP contribution in [0, 0.1) is 5.41 Å². The summed E-state index contributed by atoms with van der Waals surface area (Å²) in [4.78, 5) is 2.09. The van der Waals surface area contributed by atoms with Gasteiger partial charge in [-0.2, -0.15) is 0 Å².